The molecule has 1 unspecified atom stereocenters. The molecule has 2 saturated heterocycles. The van der Waals surface area contributed by atoms with Gasteiger partial charge in [-0.25, -0.2) is 0 Å². The molecule has 2 N–H and O–H groups in total. The quantitative estimate of drug-likeness (QED) is 0.263. The van der Waals surface area contributed by atoms with E-state index in [1.807, 2.05) is 41.3 Å². The molecule has 3 aromatic carbocycles. The lowest BCUT2D eigenvalue weighted by Crippen LogP contribution is -2.51. The van der Waals surface area contributed by atoms with Crippen LogP contribution < -0.4 is 24.8 Å². The van der Waals surface area contributed by atoms with Gasteiger partial charge < -0.3 is 29.7 Å². The predicted octanol–water partition coefficient (Wildman–Crippen LogP) is 6.28. The van der Waals surface area contributed by atoms with Crippen molar-refractivity contribution < 1.29 is 23.8 Å². The van der Waals surface area contributed by atoms with E-state index < -0.39 is 10.8 Å². The number of carbonyl (C=O) groups excluding carboxylic acids is 2. The highest BCUT2D eigenvalue weighted by Crippen LogP contribution is 2.43. The molecule has 2 amide bonds. The van der Waals surface area contributed by atoms with E-state index in [1.54, 1.807) is 18.2 Å². The molecular weight excluding hydrogens is 637 g/mol. The predicted molar refractivity (Wildman–Crippen MR) is 178 cm³/mol. The topological polar surface area (TPSA) is 89.1 Å². The van der Waals surface area contributed by atoms with Crippen molar-refractivity contribution in [2.75, 3.05) is 54.1 Å². The third kappa shape index (κ3) is 6.70. The van der Waals surface area contributed by atoms with Gasteiger partial charge in [0.2, 0.25) is 11.7 Å². The number of rotatable bonds is 10. The lowest BCUT2D eigenvalue weighted by atomic mass is 9.72. The van der Waals surface area contributed by atoms with Crippen LogP contribution in [0.15, 0.2) is 54.6 Å². The number of hydrogen-bond acceptors (Lipinski definition) is 6. The van der Waals surface area contributed by atoms with Crippen molar-refractivity contribution in [1.29, 1.82) is 0 Å². The smallest absolute Gasteiger partial charge is 0.254 e. The van der Waals surface area contributed by atoms with Gasteiger partial charge in [0.1, 0.15) is 0 Å². The Kier molecular flexibility index (Phi) is 10.4. The monoisotopic (exact) mass is 673 g/mol. The normalized spacial score (nSPS) is 19.2. The molecule has 0 aliphatic carbocycles. The maximum atomic E-state index is 13.9. The Labute approximate surface area is 279 Å². The Balaban J connectivity index is 1.39. The van der Waals surface area contributed by atoms with E-state index in [1.165, 1.54) is 21.3 Å². The van der Waals surface area contributed by atoms with Crippen molar-refractivity contribution in [3.63, 3.8) is 0 Å². The number of likely N-dealkylation sites (tertiary alicyclic amines) is 1. The van der Waals surface area contributed by atoms with Gasteiger partial charge in [0.15, 0.2) is 11.5 Å². The molecule has 0 radical (unpaired) electrons. The minimum absolute atomic E-state index is 0.000960. The number of piperidine rings is 1. The van der Waals surface area contributed by atoms with Crippen LogP contribution in [-0.4, -0.2) is 70.8 Å². The third-order valence-corrected chi connectivity index (χ3v) is 10.3. The van der Waals surface area contributed by atoms with Gasteiger partial charge in [0, 0.05) is 35.6 Å². The SMILES string of the molecule is COc1cc(C(=O)N2CCC(CCNC(=O)C3(c4ccc(Cl)cc4)CCNCC3)(c3ccc(Cl)c(Cl)c3)C2)cc(OC)c1OC. The van der Waals surface area contributed by atoms with Gasteiger partial charge in [0.05, 0.1) is 36.8 Å². The van der Waals surface area contributed by atoms with Gasteiger partial charge in [-0.1, -0.05) is 53.0 Å². The van der Waals surface area contributed by atoms with Crippen molar-refractivity contribution in [3.05, 3.63) is 86.4 Å². The Morgan fingerprint density at radius 1 is 0.844 bits per heavy atom. The van der Waals surface area contributed by atoms with Gasteiger partial charge >= 0.3 is 0 Å². The molecule has 0 aromatic heterocycles. The van der Waals surface area contributed by atoms with Crippen LogP contribution in [0.1, 0.15) is 47.2 Å². The van der Waals surface area contributed by atoms with E-state index in [0.29, 0.717) is 83.2 Å². The number of ether oxygens (including phenoxy) is 3. The molecular formula is C34H38Cl3N3O5. The zero-order chi connectivity index (χ0) is 32.2. The third-order valence-electron chi connectivity index (χ3n) is 9.26. The van der Waals surface area contributed by atoms with Crippen LogP contribution in [0.25, 0.3) is 0 Å². The van der Waals surface area contributed by atoms with Gasteiger partial charge in [-0.15, -0.1) is 0 Å². The highest BCUT2D eigenvalue weighted by molar-refractivity contribution is 6.42. The van der Waals surface area contributed by atoms with E-state index in [0.717, 1.165) is 24.2 Å². The summed E-state index contributed by atoms with van der Waals surface area (Å²) >= 11 is 18.9. The van der Waals surface area contributed by atoms with Crippen LogP contribution in [0.3, 0.4) is 0 Å². The standard InChI is InChI=1S/C34H38Cl3N3O5/c1-43-28-18-22(19-29(44-2)30(28)45-3)31(41)40-17-13-33(21-40,24-6-9-26(36)27(37)20-24)10-16-39-32(42)34(11-14-38-15-12-34)23-4-7-25(35)8-5-23/h4-9,18-20,38H,10-17,21H2,1-3H3,(H,39,42). The van der Waals surface area contributed by atoms with Crippen molar-refractivity contribution in [1.82, 2.24) is 15.5 Å². The Hall–Kier alpha value is -3.17. The maximum absolute atomic E-state index is 13.9. The molecule has 5 rings (SSSR count). The fourth-order valence-corrected chi connectivity index (χ4v) is 7.12. The highest BCUT2D eigenvalue weighted by atomic mass is 35.5. The summed E-state index contributed by atoms with van der Waals surface area (Å²) < 4.78 is 16.4. The van der Waals surface area contributed by atoms with Crippen molar-refractivity contribution in [2.45, 2.75) is 36.5 Å². The molecule has 1 atom stereocenters. The zero-order valence-electron chi connectivity index (χ0n) is 25.7. The molecule has 3 aromatic rings. The number of halogens is 3. The molecule has 8 nitrogen and oxygen atoms in total. The molecule has 2 fully saturated rings. The van der Waals surface area contributed by atoms with Crippen LogP contribution in [0.4, 0.5) is 0 Å². The number of nitrogens with one attached hydrogen (secondary N) is 2. The first kappa shape index (κ1) is 33.2. The first-order chi connectivity index (χ1) is 21.7. The van der Waals surface area contributed by atoms with Crippen molar-refractivity contribution in [3.8, 4) is 17.2 Å². The number of amides is 2. The van der Waals surface area contributed by atoms with E-state index in [-0.39, 0.29) is 11.8 Å². The molecule has 0 bridgehead atoms. The second-order valence-corrected chi connectivity index (χ2v) is 12.9. The van der Waals surface area contributed by atoms with Gasteiger partial charge in [-0.05, 0) is 86.3 Å². The number of nitrogens with zero attached hydrogens (tertiary/aromatic N) is 1. The fraction of sp³-hybridized carbons (Fsp3) is 0.412. The molecule has 11 heteroatoms. The van der Waals surface area contributed by atoms with Crippen molar-refractivity contribution >= 4 is 46.6 Å². The largest absolute Gasteiger partial charge is 0.493 e. The van der Waals surface area contributed by atoms with Crippen LogP contribution in [0, 0.1) is 0 Å². The Morgan fingerprint density at radius 3 is 2.09 bits per heavy atom. The van der Waals surface area contributed by atoms with E-state index >= 15 is 0 Å². The Morgan fingerprint density at radius 2 is 1.49 bits per heavy atom. The average molecular weight is 675 g/mol. The van der Waals surface area contributed by atoms with Crippen LogP contribution in [0.2, 0.25) is 15.1 Å². The summed E-state index contributed by atoms with van der Waals surface area (Å²) in [6.07, 6.45) is 2.67. The van der Waals surface area contributed by atoms with Gasteiger partial charge in [-0.2, -0.15) is 0 Å². The zero-order valence-corrected chi connectivity index (χ0v) is 28.0. The van der Waals surface area contributed by atoms with Gasteiger partial charge in [0.25, 0.3) is 5.91 Å². The number of benzene rings is 3. The minimum Gasteiger partial charge on any atom is -0.493 e. The molecule has 2 heterocycles. The van der Waals surface area contributed by atoms with E-state index in [4.69, 9.17) is 49.0 Å². The summed E-state index contributed by atoms with van der Waals surface area (Å²) in [5.74, 6) is 1.08. The summed E-state index contributed by atoms with van der Waals surface area (Å²) in [5.41, 5.74) is 1.27. The first-order valence-electron chi connectivity index (χ1n) is 15.0. The van der Waals surface area contributed by atoms with E-state index in [9.17, 15) is 9.59 Å². The number of hydrogen-bond donors (Lipinski definition) is 2. The lowest BCUT2D eigenvalue weighted by molar-refractivity contribution is -0.127. The van der Waals surface area contributed by atoms with Crippen LogP contribution in [0.5, 0.6) is 17.2 Å². The van der Waals surface area contributed by atoms with Crippen molar-refractivity contribution in [2.24, 2.45) is 0 Å². The highest BCUT2D eigenvalue weighted by Gasteiger charge is 2.44. The minimum atomic E-state index is -0.642. The van der Waals surface area contributed by atoms with Gasteiger partial charge in [-0.3, -0.25) is 9.59 Å². The molecule has 0 spiro atoms. The fourth-order valence-electron chi connectivity index (χ4n) is 6.70. The second-order valence-electron chi connectivity index (χ2n) is 11.6. The Bertz CT molecular complexity index is 1520. The molecule has 240 valence electrons. The van der Waals surface area contributed by atoms with E-state index in [2.05, 4.69) is 10.6 Å². The second kappa shape index (κ2) is 14.1. The summed E-state index contributed by atoms with van der Waals surface area (Å²) in [6, 6.07) is 16.5. The number of carbonyl (C=O) groups is 2. The lowest BCUT2D eigenvalue weighted by Gasteiger charge is -2.37. The summed E-state index contributed by atoms with van der Waals surface area (Å²) in [7, 11) is 4.56. The summed E-state index contributed by atoms with van der Waals surface area (Å²) in [6.45, 7) is 2.88. The van der Waals surface area contributed by atoms with Crippen LogP contribution >= 0.6 is 34.8 Å². The van der Waals surface area contributed by atoms with Crippen LogP contribution in [-0.2, 0) is 15.6 Å². The molecule has 2 aliphatic rings. The average Bonchev–Trinajstić information content (AvgIpc) is 3.50. The molecule has 0 saturated carbocycles. The first-order valence-corrected chi connectivity index (χ1v) is 16.1. The molecule has 45 heavy (non-hydrogen) atoms. The summed E-state index contributed by atoms with van der Waals surface area (Å²) in [5, 5.41) is 8.18. The molecule has 2 aliphatic heterocycles. The maximum Gasteiger partial charge on any atom is 0.254 e. The number of methoxy groups -OCH3 is 3. The summed E-state index contributed by atoms with van der Waals surface area (Å²) in [4.78, 5) is 29.6.